The fraction of sp³-hybridized carbons (Fsp3) is 0.500. The van der Waals surface area contributed by atoms with Crippen molar-refractivity contribution < 1.29 is 24.9 Å². The van der Waals surface area contributed by atoms with Crippen molar-refractivity contribution in [2.24, 2.45) is 5.92 Å². The summed E-state index contributed by atoms with van der Waals surface area (Å²) in [6, 6.07) is 7.07. The molecule has 1 aromatic carbocycles. The highest BCUT2D eigenvalue weighted by Gasteiger charge is 2.44. The number of aromatic nitrogens is 3. The first kappa shape index (κ1) is 26.5. The summed E-state index contributed by atoms with van der Waals surface area (Å²) >= 11 is 8.12. The van der Waals surface area contributed by atoms with Crippen LogP contribution < -0.4 is 9.80 Å². The summed E-state index contributed by atoms with van der Waals surface area (Å²) in [5.41, 5.74) is 0.503. The number of carbonyl (C=O) groups excluding carboxylic acids is 1. The second-order valence-electron chi connectivity index (χ2n) is 9.88. The number of amides is 1. The number of hydrogen-bond acceptors (Lipinski definition) is 10. The predicted molar refractivity (Wildman–Crippen MR) is 140 cm³/mol. The summed E-state index contributed by atoms with van der Waals surface area (Å²) in [7, 11) is 3.20. The second-order valence-corrected chi connectivity index (χ2v) is 11.3. The van der Waals surface area contributed by atoms with Crippen molar-refractivity contribution in [3.05, 3.63) is 29.4 Å². The van der Waals surface area contributed by atoms with E-state index in [1.807, 2.05) is 24.3 Å². The van der Waals surface area contributed by atoms with Crippen molar-refractivity contribution in [1.29, 1.82) is 0 Å². The summed E-state index contributed by atoms with van der Waals surface area (Å²) < 4.78 is 6.40. The minimum absolute atomic E-state index is 0.00713. The van der Waals surface area contributed by atoms with Crippen LogP contribution in [0.4, 0.5) is 16.6 Å². The number of hydrogen-bond donors (Lipinski definition) is 3. The number of halogens is 1. The van der Waals surface area contributed by atoms with Crippen molar-refractivity contribution in [1.82, 2.24) is 15.0 Å². The zero-order chi connectivity index (χ0) is 26.4. The van der Waals surface area contributed by atoms with Gasteiger partial charge in [-0.1, -0.05) is 23.7 Å². The van der Waals surface area contributed by atoms with Gasteiger partial charge in [0.25, 0.3) is 0 Å². The van der Waals surface area contributed by atoms with E-state index in [4.69, 9.17) is 21.3 Å². The quantitative estimate of drug-likeness (QED) is 0.421. The number of anilines is 2. The number of aliphatic hydroxyl groups is 3. The lowest BCUT2D eigenvalue weighted by Gasteiger charge is -2.31. The van der Waals surface area contributed by atoms with Crippen molar-refractivity contribution in [2.45, 2.75) is 51.0 Å². The molecular formula is C24H30ClN5O5S. The van der Waals surface area contributed by atoms with Crippen molar-refractivity contribution in [3.8, 4) is 10.6 Å². The van der Waals surface area contributed by atoms with Crippen molar-refractivity contribution in [2.75, 3.05) is 30.5 Å². The van der Waals surface area contributed by atoms with Gasteiger partial charge in [0.1, 0.15) is 27.7 Å². The highest BCUT2D eigenvalue weighted by molar-refractivity contribution is 7.21. The topological polar surface area (TPSA) is 132 Å². The van der Waals surface area contributed by atoms with E-state index in [1.54, 1.807) is 32.7 Å². The molecule has 2 heterocycles. The maximum atomic E-state index is 12.7. The van der Waals surface area contributed by atoms with E-state index >= 15 is 0 Å². The number of ether oxygens (including phenoxy) is 1. The zero-order valence-corrected chi connectivity index (χ0v) is 22.3. The Morgan fingerprint density at radius 3 is 2.47 bits per heavy atom. The summed E-state index contributed by atoms with van der Waals surface area (Å²) in [5, 5.41) is 31.5. The predicted octanol–water partition coefficient (Wildman–Crippen LogP) is 3.32. The molecule has 1 aliphatic carbocycles. The molecule has 1 fully saturated rings. The van der Waals surface area contributed by atoms with E-state index in [0.29, 0.717) is 22.8 Å². The average Bonchev–Trinajstić information content (AvgIpc) is 3.37. The third kappa shape index (κ3) is 5.12. The van der Waals surface area contributed by atoms with E-state index in [-0.39, 0.29) is 17.7 Å². The van der Waals surface area contributed by atoms with Crippen LogP contribution in [0.25, 0.3) is 20.8 Å². The Labute approximate surface area is 218 Å². The molecule has 12 heteroatoms. The highest BCUT2D eigenvalue weighted by Crippen LogP contribution is 2.42. The molecule has 1 amide bonds. The molecule has 0 unspecified atom stereocenters. The minimum Gasteiger partial charge on any atom is -0.443 e. The number of fused-ring (bicyclic) bond motifs is 1. The van der Waals surface area contributed by atoms with E-state index in [1.165, 1.54) is 18.4 Å². The Kier molecular flexibility index (Phi) is 7.40. The minimum atomic E-state index is -1.13. The van der Waals surface area contributed by atoms with Gasteiger partial charge in [0.05, 0.1) is 27.9 Å². The number of aliphatic hydroxyl groups excluding tert-OH is 3. The molecule has 0 radical (unpaired) electrons. The van der Waals surface area contributed by atoms with Crippen LogP contribution in [0.5, 0.6) is 0 Å². The molecule has 1 saturated carbocycles. The third-order valence-corrected chi connectivity index (χ3v) is 7.47. The molecular weight excluding hydrogens is 506 g/mol. The standard InChI is InChI=1S/C24H30ClN5O5S/c1-24(2,3)35-23(34)30(5)22-27-19(25)16(21-26-13-8-6-7-9-15(13)36-21)20(28-22)29(4)14-10-12(11-31)17(32)18(14)33/h6-9,12,14,17-18,31-33H,10-11H2,1-5H3/t12-,14-,17-,18+/m1/s1. The Morgan fingerprint density at radius 2 is 1.86 bits per heavy atom. The van der Waals surface area contributed by atoms with Crippen LogP contribution in [-0.4, -0.2) is 80.9 Å². The number of likely N-dealkylation sites (N-methyl/N-ethyl adjacent to an activating group) is 1. The summed E-state index contributed by atoms with van der Waals surface area (Å²) in [5.74, 6) is -0.151. The lowest BCUT2D eigenvalue weighted by atomic mass is 10.1. The molecule has 0 saturated heterocycles. The van der Waals surface area contributed by atoms with Gasteiger partial charge >= 0.3 is 6.09 Å². The van der Waals surface area contributed by atoms with Gasteiger partial charge in [0.2, 0.25) is 5.95 Å². The van der Waals surface area contributed by atoms with Gasteiger partial charge in [-0.15, -0.1) is 11.3 Å². The largest absolute Gasteiger partial charge is 0.443 e. The summed E-state index contributed by atoms with van der Waals surface area (Å²) in [4.78, 5) is 29.3. The first-order valence-electron chi connectivity index (χ1n) is 11.5. The molecule has 4 rings (SSSR count). The fourth-order valence-electron chi connectivity index (χ4n) is 4.21. The Bertz CT molecular complexity index is 1230. The maximum absolute atomic E-state index is 12.7. The van der Waals surface area contributed by atoms with Crippen LogP contribution in [0.15, 0.2) is 24.3 Å². The SMILES string of the molecule is CN(C(=O)OC(C)(C)C)c1nc(Cl)c(-c2nc3ccccc3s2)c(N(C)[C@@H]2C[C@H](CO)[C@@H](O)[C@H]2O)n1. The number of rotatable bonds is 5. The van der Waals surface area contributed by atoms with Crippen LogP contribution in [0.2, 0.25) is 5.15 Å². The molecule has 0 spiro atoms. The summed E-state index contributed by atoms with van der Waals surface area (Å²) in [6.07, 6.45) is -2.55. The monoisotopic (exact) mass is 535 g/mol. The molecule has 10 nitrogen and oxygen atoms in total. The Morgan fingerprint density at radius 1 is 1.17 bits per heavy atom. The van der Waals surface area contributed by atoms with Crippen LogP contribution in [0, 0.1) is 5.92 Å². The lowest BCUT2D eigenvalue weighted by Crippen LogP contribution is -2.42. The molecule has 1 aliphatic rings. The average molecular weight is 536 g/mol. The van der Waals surface area contributed by atoms with Gasteiger partial charge in [-0.05, 0) is 39.3 Å². The third-order valence-electron chi connectivity index (χ3n) is 6.15. The molecule has 194 valence electrons. The lowest BCUT2D eigenvalue weighted by molar-refractivity contribution is 0.00261. The van der Waals surface area contributed by atoms with Crippen LogP contribution >= 0.6 is 22.9 Å². The number of thiazole rings is 1. The van der Waals surface area contributed by atoms with Crippen LogP contribution in [0.3, 0.4) is 0 Å². The maximum Gasteiger partial charge on any atom is 0.416 e. The smallest absolute Gasteiger partial charge is 0.416 e. The van der Waals surface area contributed by atoms with Gasteiger partial charge in [-0.25, -0.2) is 14.7 Å². The second kappa shape index (κ2) is 10.1. The zero-order valence-electron chi connectivity index (χ0n) is 20.7. The van der Waals surface area contributed by atoms with Gasteiger partial charge in [-0.2, -0.15) is 9.97 Å². The first-order chi connectivity index (χ1) is 16.9. The Balaban J connectivity index is 1.83. The highest BCUT2D eigenvalue weighted by atomic mass is 35.5. The summed E-state index contributed by atoms with van der Waals surface area (Å²) in [6.45, 7) is 5.01. The van der Waals surface area contributed by atoms with Gasteiger partial charge in [0.15, 0.2) is 0 Å². The number of carbonyl (C=O) groups is 1. The van der Waals surface area contributed by atoms with E-state index in [0.717, 1.165) is 15.1 Å². The molecule has 2 aromatic heterocycles. The van der Waals surface area contributed by atoms with Crippen LogP contribution in [-0.2, 0) is 4.74 Å². The van der Waals surface area contributed by atoms with Crippen molar-refractivity contribution >= 4 is 51.0 Å². The van der Waals surface area contributed by atoms with Crippen LogP contribution in [0.1, 0.15) is 27.2 Å². The molecule has 36 heavy (non-hydrogen) atoms. The molecule has 3 N–H and O–H groups in total. The number of nitrogens with zero attached hydrogens (tertiary/aromatic N) is 5. The van der Waals surface area contributed by atoms with E-state index in [2.05, 4.69) is 9.97 Å². The van der Waals surface area contributed by atoms with Gasteiger partial charge in [-0.3, -0.25) is 0 Å². The number of benzene rings is 1. The molecule has 3 aromatic rings. The number of para-hydroxylation sites is 1. The molecule has 4 atom stereocenters. The van der Waals surface area contributed by atoms with Gasteiger partial charge < -0.3 is 25.0 Å². The Hall–Kier alpha value is -2.57. The van der Waals surface area contributed by atoms with E-state index < -0.39 is 35.9 Å². The van der Waals surface area contributed by atoms with Gasteiger partial charge in [0, 0.05) is 26.6 Å². The molecule has 0 bridgehead atoms. The fourth-order valence-corrected chi connectivity index (χ4v) is 5.53. The van der Waals surface area contributed by atoms with Crippen molar-refractivity contribution in [3.63, 3.8) is 0 Å². The molecule has 0 aliphatic heterocycles. The normalized spacial score (nSPS) is 22.1. The van der Waals surface area contributed by atoms with E-state index in [9.17, 15) is 20.1 Å². The first-order valence-corrected chi connectivity index (χ1v) is 12.7.